The second-order valence-electron chi connectivity index (χ2n) is 7.78. The monoisotopic (exact) mass is 410 g/mol. The van der Waals surface area contributed by atoms with E-state index in [4.69, 9.17) is 0 Å². The molecule has 29 heavy (non-hydrogen) atoms. The zero-order valence-corrected chi connectivity index (χ0v) is 18.7. The molecule has 0 spiro atoms. The maximum absolute atomic E-state index is 13.9. The van der Waals surface area contributed by atoms with Gasteiger partial charge in [-0.05, 0) is 43.2 Å². The predicted octanol–water partition coefficient (Wildman–Crippen LogP) is 6.55. The normalized spacial score (nSPS) is 19.1. The lowest BCUT2D eigenvalue weighted by Crippen LogP contribution is -2.44. The highest BCUT2D eigenvalue weighted by Crippen LogP contribution is 2.48. The molecule has 3 atom stereocenters. The SMILES string of the molecule is C=CC(C)C/C=C\C(C)C(C1=CC=CCC1)(c1ccccc1)S(=O)(=O)C/C=C\C. The lowest BCUT2D eigenvalue weighted by Gasteiger charge is -2.41. The van der Waals surface area contributed by atoms with Crippen LogP contribution < -0.4 is 0 Å². The molecule has 0 heterocycles. The second-order valence-corrected chi connectivity index (χ2v) is 9.98. The molecule has 156 valence electrons. The van der Waals surface area contributed by atoms with Crippen LogP contribution in [-0.4, -0.2) is 14.2 Å². The Morgan fingerprint density at radius 2 is 1.90 bits per heavy atom. The Hall–Kier alpha value is -2.13. The molecule has 3 heteroatoms. The molecule has 0 N–H and O–H groups in total. The molecule has 0 amide bonds. The van der Waals surface area contributed by atoms with Crippen molar-refractivity contribution in [1.82, 2.24) is 0 Å². The minimum atomic E-state index is -3.51. The van der Waals surface area contributed by atoms with Crippen LogP contribution in [-0.2, 0) is 14.6 Å². The van der Waals surface area contributed by atoms with Gasteiger partial charge in [-0.15, -0.1) is 6.58 Å². The van der Waals surface area contributed by atoms with Crippen LogP contribution in [0.4, 0.5) is 0 Å². The van der Waals surface area contributed by atoms with E-state index in [0.29, 0.717) is 5.92 Å². The fourth-order valence-electron chi connectivity index (χ4n) is 4.08. The fraction of sp³-hybridized carbons (Fsp3) is 0.385. The first kappa shape index (κ1) is 23.2. The van der Waals surface area contributed by atoms with Crippen molar-refractivity contribution in [2.24, 2.45) is 11.8 Å². The van der Waals surface area contributed by atoms with Gasteiger partial charge in [0.1, 0.15) is 4.75 Å². The van der Waals surface area contributed by atoms with Gasteiger partial charge >= 0.3 is 0 Å². The number of benzene rings is 1. The topological polar surface area (TPSA) is 34.1 Å². The molecule has 0 saturated carbocycles. The van der Waals surface area contributed by atoms with Gasteiger partial charge in [-0.2, -0.15) is 0 Å². The van der Waals surface area contributed by atoms with E-state index in [1.165, 1.54) is 0 Å². The minimum Gasteiger partial charge on any atom is -0.227 e. The Morgan fingerprint density at radius 1 is 1.17 bits per heavy atom. The molecule has 3 unspecified atom stereocenters. The first-order valence-corrected chi connectivity index (χ1v) is 12.1. The molecular weight excluding hydrogens is 376 g/mol. The number of sulfone groups is 1. The molecule has 1 aromatic carbocycles. The molecule has 1 aliphatic carbocycles. The van der Waals surface area contributed by atoms with Gasteiger partial charge in [0.15, 0.2) is 9.84 Å². The summed E-state index contributed by atoms with van der Waals surface area (Å²) in [4.78, 5) is 0. The van der Waals surface area contributed by atoms with Crippen molar-refractivity contribution in [3.8, 4) is 0 Å². The van der Waals surface area contributed by atoms with E-state index in [1.807, 2.05) is 68.5 Å². The predicted molar refractivity (Wildman–Crippen MR) is 125 cm³/mol. The number of rotatable bonds is 10. The first-order chi connectivity index (χ1) is 13.9. The molecular formula is C26H34O2S. The smallest absolute Gasteiger partial charge is 0.168 e. The number of hydrogen-bond donors (Lipinski definition) is 0. The van der Waals surface area contributed by atoms with Gasteiger partial charge in [-0.3, -0.25) is 0 Å². The number of allylic oxidation sites excluding steroid dienone is 7. The van der Waals surface area contributed by atoms with Crippen molar-refractivity contribution in [3.05, 3.63) is 96.7 Å². The Morgan fingerprint density at radius 3 is 2.48 bits per heavy atom. The highest BCUT2D eigenvalue weighted by Gasteiger charge is 2.50. The Balaban J connectivity index is 2.70. The third kappa shape index (κ3) is 5.08. The van der Waals surface area contributed by atoms with E-state index >= 15 is 0 Å². The van der Waals surface area contributed by atoms with Crippen LogP contribution in [0.5, 0.6) is 0 Å². The summed E-state index contributed by atoms with van der Waals surface area (Å²) < 4.78 is 26.8. The molecule has 0 fully saturated rings. The first-order valence-electron chi connectivity index (χ1n) is 10.4. The van der Waals surface area contributed by atoms with Crippen molar-refractivity contribution in [2.45, 2.75) is 44.8 Å². The average Bonchev–Trinajstić information content (AvgIpc) is 2.74. The molecule has 0 bridgehead atoms. The lowest BCUT2D eigenvalue weighted by molar-refractivity contribution is 0.479. The van der Waals surface area contributed by atoms with E-state index in [9.17, 15) is 8.42 Å². The minimum absolute atomic E-state index is 0.0285. The molecule has 0 saturated heterocycles. The summed E-state index contributed by atoms with van der Waals surface area (Å²) in [7, 11) is -3.51. The molecule has 1 aliphatic rings. The Bertz CT molecular complexity index is 888. The van der Waals surface area contributed by atoms with Crippen molar-refractivity contribution < 1.29 is 8.42 Å². The molecule has 2 rings (SSSR count). The van der Waals surface area contributed by atoms with Gasteiger partial charge in [0.2, 0.25) is 0 Å². The summed E-state index contributed by atoms with van der Waals surface area (Å²) in [6.45, 7) is 9.86. The summed E-state index contributed by atoms with van der Waals surface area (Å²) in [5.74, 6) is 0.191. The van der Waals surface area contributed by atoms with Gasteiger partial charge in [0.05, 0.1) is 5.75 Å². The van der Waals surface area contributed by atoms with E-state index in [1.54, 1.807) is 6.08 Å². The Labute approximate surface area is 177 Å². The molecule has 0 aromatic heterocycles. The quantitative estimate of drug-likeness (QED) is 0.410. The zero-order chi connectivity index (χ0) is 21.3. The van der Waals surface area contributed by atoms with Crippen molar-refractivity contribution in [2.75, 3.05) is 5.75 Å². The molecule has 2 nitrogen and oxygen atoms in total. The van der Waals surface area contributed by atoms with Gasteiger partial charge < -0.3 is 0 Å². The summed E-state index contributed by atoms with van der Waals surface area (Å²) in [5.41, 5.74) is 1.82. The van der Waals surface area contributed by atoms with Crippen molar-refractivity contribution in [3.63, 3.8) is 0 Å². The second kappa shape index (κ2) is 10.6. The van der Waals surface area contributed by atoms with Gasteiger partial charge in [0, 0.05) is 5.92 Å². The van der Waals surface area contributed by atoms with Crippen LogP contribution in [0.15, 0.2) is 91.1 Å². The highest BCUT2D eigenvalue weighted by molar-refractivity contribution is 7.92. The van der Waals surface area contributed by atoms with Crippen LogP contribution in [0.1, 0.15) is 45.6 Å². The maximum atomic E-state index is 13.9. The fourth-order valence-corrected chi connectivity index (χ4v) is 6.50. The van der Waals surface area contributed by atoms with Gasteiger partial charge in [0.25, 0.3) is 0 Å². The molecule has 0 radical (unpaired) electrons. The van der Waals surface area contributed by atoms with Crippen molar-refractivity contribution in [1.29, 1.82) is 0 Å². The maximum Gasteiger partial charge on any atom is 0.168 e. The third-order valence-corrected chi connectivity index (χ3v) is 8.19. The van der Waals surface area contributed by atoms with Crippen LogP contribution in [0.25, 0.3) is 0 Å². The highest BCUT2D eigenvalue weighted by atomic mass is 32.2. The summed E-state index contributed by atoms with van der Waals surface area (Å²) in [6, 6.07) is 9.73. The standard InChI is InChI=1S/C26H34O2S/c1-5-7-21-29(27,28)26(24-17-10-8-11-18-24,25-19-12-9-13-20-25)23(4)16-14-15-22(3)6-2/h5-12,14,16-19,22-23H,2,13,15,20-21H2,1,3-4H3/b7-5-,16-14-. The van der Waals surface area contributed by atoms with Crippen LogP contribution in [0.3, 0.4) is 0 Å². The molecule has 1 aromatic rings. The summed E-state index contributed by atoms with van der Waals surface area (Å²) in [6.07, 6.45) is 18.3. The Kier molecular flexibility index (Phi) is 8.45. The zero-order valence-electron chi connectivity index (χ0n) is 17.9. The number of hydrogen-bond acceptors (Lipinski definition) is 2. The van der Waals surface area contributed by atoms with E-state index in [-0.39, 0.29) is 11.7 Å². The van der Waals surface area contributed by atoms with Crippen LogP contribution >= 0.6 is 0 Å². The lowest BCUT2D eigenvalue weighted by atomic mass is 9.77. The average molecular weight is 411 g/mol. The largest absolute Gasteiger partial charge is 0.227 e. The van der Waals surface area contributed by atoms with E-state index in [2.05, 4.69) is 31.7 Å². The van der Waals surface area contributed by atoms with Crippen molar-refractivity contribution >= 4 is 9.84 Å². The van der Waals surface area contributed by atoms with Crippen LogP contribution in [0, 0.1) is 11.8 Å². The van der Waals surface area contributed by atoms with E-state index < -0.39 is 14.6 Å². The summed E-state index contributed by atoms with van der Waals surface area (Å²) >= 11 is 0. The van der Waals surface area contributed by atoms with Gasteiger partial charge in [-0.1, -0.05) is 92.8 Å². The molecule has 0 aliphatic heterocycles. The summed E-state index contributed by atoms with van der Waals surface area (Å²) in [5, 5.41) is 0. The van der Waals surface area contributed by atoms with E-state index in [0.717, 1.165) is 30.4 Å². The third-order valence-electron chi connectivity index (χ3n) is 5.71. The van der Waals surface area contributed by atoms with Crippen LogP contribution in [0.2, 0.25) is 0 Å². The van der Waals surface area contributed by atoms with Gasteiger partial charge in [-0.25, -0.2) is 8.42 Å².